The molecule has 0 radical (unpaired) electrons. The van der Waals surface area contributed by atoms with Crippen molar-refractivity contribution >= 4 is 17.5 Å². The van der Waals surface area contributed by atoms with Crippen LogP contribution in [-0.2, 0) is 16.0 Å². The van der Waals surface area contributed by atoms with Crippen molar-refractivity contribution in [2.45, 2.75) is 13.3 Å². The summed E-state index contributed by atoms with van der Waals surface area (Å²) in [5.74, 6) is -0.524. The van der Waals surface area contributed by atoms with Crippen molar-refractivity contribution in [3.05, 3.63) is 29.8 Å². The fourth-order valence-electron chi connectivity index (χ4n) is 2.14. The predicted molar refractivity (Wildman–Crippen MR) is 73.7 cm³/mol. The van der Waals surface area contributed by atoms with Gasteiger partial charge < -0.3 is 16.0 Å². The normalized spacial score (nSPS) is 14.9. The largest absolute Gasteiger partial charge is 0.347 e. The first-order valence-electron chi connectivity index (χ1n) is 6.49. The first-order valence-corrected chi connectivity index (χ1v) is 6.49. The second-order valence-corrected chi connectivity index (χ2v) is 4.78. The van der Waals surface area contributed by atoms with Gasteiger partial charge in [-0.3, -0.25) is 9.59 Å². The van der Waals surface area contributed by atoms with Crippen LogP contribution in [0, 0.1) is 5.92 Å². The minimum Gasteiger partial charge on any atom is -0.347 e. The summed E-state index contributed by atoms with van der Waals surface area (Å²) in [6.07, 6.45) is 0.870. The van der Waals surface area contributed by atoms with Crippen molar-refractivity contribution in [3.63, 3.8) is 0 Å². The Kier molecular flexibility index (Phi) is 4.16. The number of nitrogens with two attached hydrogens (primary N) is 1. The molecule has 1 unspecified atom stereocenters. The van der Waals surface area contributed by atoms with E-state index >= 15 is 0 Å². The van der Waals surface area contributed by atoms with Gasteiger partial charge >= 0.3 is 0 Å². The molecule has 0 saturated heterocycles. The third-order valence-electron chi connectivity index (χ3n) is 3.40. The lowest BCUT2D eigenvalue weighted by Crippen LogP contribution is -2.42. The summed E-state index contributed by atoms with van der Waals surface area (Å²) in [4.78, 5) is 25.4. The van der Waals surface area contributed by atoms with E-state index in [1.54, 1.807) is 11.8 Å². The number of nitrogens with zero attached hydrogens (tertiary/aromatic N) is 1. The number of para-hydroxylation sites is 1. The number of hydrogen-bond acceptors (Lipinski definition) is 3. The van der Waals surface area contributed by atoms with Crippen LogP contribution in [0.1, 0.15) is 12.5 Å². The SMILES string of the molecule is CC(CN)C(=O)NCC(=O)N1CCc2ccccc21. The van der Waals surface area contributed by atoms with Gasteiger partial charge in [0.05, 0.1) is 6.54 Å². The quantitative estimate of drug-likeness (QED) is 0.818. The highest BCUT2D eigenvalue weighted by Gasteiger charge is 2.24. The zero-order chi connectivity index (χ0) is 13.8. The van der Waals surface area contributed by atoms with Gasteiger partial charge in [-0.25, -0.2) is 0 Å². The average molecular weight is 261 g/mol. The number of nitrogens with one attached hydrogen (secondary N) is 1. The molecule has 2 rings (SSSR count). The summed E-state index contributed by atoms with van der Waals surface area (Å²) in [6, 6.07) is 7.85. The lowest BCUT2D eigenvalue weighted by molar-refractivity contribution is -0.127. The van der Waals surface area contributed by atoms with Gasteiger partial charge in [0.1, 0.15) is 0 Å². The zero-order valence-electron chi connectivity index (χ0n) is 11.1. The molecule has 0 saturated carbocycles. The molecule has 0 bridgehead atoms. The maximum absolute atomic E-state index is 12.1. The van der Waals surface area contributed by atoms with Crippen LogP contribution in [0.3, 0.4) is 0 Å². The Labute approximate surface area is 112 Å². The van der Waals surface area contributed by atoms with Gasteiger partial charge in [-0.2, -0.15) is 0 Å². The molecule has 1 heterocycles. The first kappa shape index (κ1) is 13.5. The second kappa shape index (κ2) is 5.84. The fourth-order valence-corrected chi connectivity index (χ4v) is 2.14. The summed E-state index contributed by atoms with van der Waals surface area (Å²) < 4.78 is 0. The molecule has 1 aromatic carbocycles. The van der Waals surface area contributed by atoms with E-state index in [1.807, 2.05) is 24.3 Å². The van der Waals surface area contributed by atoms with E-state index in [1.165, 1.54) is 5.56 Å². The molecule has 5 nitrogen and oxygen atoms in total. The maximum Gasteiger partial charge on any atom is 0.246 e. The third kappa shape index (κ3) is 2.93. The Morgan fingerprint density at radius 3 is 2.89 bits per heavy atom. The van der Waals surface area contributed by atoms with Crippen LogP contribution in [0.25, 0.3) is 0 Å². The number of carbonyl (C=O) groups excluding carboxylic acids is 2. The molecule has 0 spiro atoms. The molecule has 102 valence electrons. The van der Waals surface area contributed by atoms with Crippen molar-refractivity contribution < 1.29 is 9.59 Å². The molecule has 0 fully saturated rings. The Morgan fingerprint density at radius 1 is 1.42 bits per heavy atom. The van der Waals surface area contributed by atoms with Crippen LogP contribution >= 0.6 is 0 Å². The van der Waals surface area contributed by atoms with Gasteiger partial charge in [-0.15, -0.1) is 0 Å². The molecule has 5 heteroatoms. The van der Waals surface area contributed by atoms with Crippen molar-refractivity contribution in [2.75, 3.05) is 24.5 Å². The average Bonchev–Trinajstić information content (AvgIpc) is 2.87. The Hall–Kier alpha value is -1.88. The third-order valence-corrected chi connectivity index (χ3v) is 3.40. The van der Waals surface area contributed by atoms with Gasteiger partial charge in [-0.1, -0.05) is 25.1 Å². The van der Waals surface area contributed by atoms with E-state index < -0.39 is 0 Å². The lowest BCUT2D eigenvalue weighted by Gasteiger charge is -2.18. The second-order valence-electron chi connectivity index (χ2n) is 4.78. The molecule has 1 aliphatic heterocycles. The predicted octanol–water partition coefficient (Wildman–Crippen LogP) is 0.287. The van der Waals surface area contributed by atoms with Crippen LogP contribution in [0.5, 0.6) is 0 Å². The standard InChI is InChI=1S/C14H19N3O2/c1-10(8-15)14(19)16-9-13(18)17-7-6-11-4-2-3-5-12(11)17/h2-5,10H,6-9,15H2,1H3,(H,16,19). The Balaban J connectivity index is 1.94. The van der Waals surface area contributed by atoms with Gasteiger partial charge in [-0.05, 0) is 18.1 Å². The highest BCUT2D eigenvalue weighted by molar-refractivity contribution is 5.98. The molecule has 19 heavy (non-hydrogen) atoms. The zero-order valence-corrected chi connectivity index (χ0v) is 11.1. The number of benzene rings is 1. The number of amides is 2. The number of carbonyl (C=O) groups is 2. The van der Waals surface area contributed by atoms with Crippen molar-refractivity contribution in [3.8, 4) is 0 Å². The van der Waals surface area contributed by atoms with E-state index in [0.717, 1.165) is 12.1 Å². The molecular formula is C14H19N3O2. The summed E-state index contributed by atoms with van der Waals surface area (Å²) in [5, 5.41) is 2.63. The smallest absolute Gasteiger partial charge is 0.246 e. The van der Waals surface area contributed by atoms with Crippen molar-refractivity contribution in [1.29, 1.82) is 0 Å². The van der Waals surface area contributed by atoms with Gasteiger partial charge in [0.15, 0.2) is 0 Å². The minimum atomic E-state index is -0.265. The lowest BCUT2D eigenvalue weighted by atomic mass is 10.1. The minimum absolute atomic E-state index is 0.0253. The topological polar surface area (TPSA) is 75.4 Å². The Morgan fingerprint density at radius 2 is 2.16 bits per heavy atom. The first-order chi connectivity index (χ1) is 9.13. The van der Waals surface area contributed by atoms with E-state index in [4.69, 9.17) is 5.73 Å². The number of hydrogen-bond donors (Lipinski definition) is 2. The molecule has 3 N–H and O–H groups in total. The van der Waals surface area contributed by atoms with Crippen LogP contribution in [0.2, 0.25) is 0 Å². The molecule has 1 aromatic rings. The van der Waals surface area contributed by atoms with Gasteiger partial charge in [0, 0.05) is 24.7 Å². The van der Waals surface area contributed by atoms with Crippen molar-refractivity contribution in [2.24, 2.45) is 11.7 Å². The highest BCUT2D eigenvalue weighted by Crippen LogP contribution is 2.27. The van der Waals surface area contributed by atoms with Crippen LogP contribution in [0.4, 0.5) is 5.69 Å². The molecule has 0 aromatic heterocycles. The van der Waals surface area contributed by atoms with Crippen molar-refractivity contribution in [1.82, 2.24) is 5.32 Å². The fraction of sp³-hybridized carbons (Fsp3) is 0.429. The maximum atomic E-state index is 12.1. The molecular weight excluding hydrogens is 242 g/mol. The summed E-state index contributed by atoms with van der Waals surface area (Å²) >= 11 is 0. The highest BCUT2D eigenvalue weighted by atomic mass is 16.2. The molecule has 1 aliphatic rings. The van der Waals surface area contributed by atoms with Crippen LogP contribution < -0.4 is 16.0 Å². The van der Waals surface area contributed by atoms with Gasteiger partial charge in [0.2, 0.25) is 11.8 Å². The van der Waals surface area contributed by atoms with Gasteiger partial charge in [0.25, 0.3) is 0 Å². The summed E-state index contributed by atoms with van der Waals surface area (Å²) in [7, 11) is 0. The molecule has 2 amide bonds. The van der Waals surface area contributed by atoms with Crippen LogP contribution in [0.15, 0.2) is 24.3 Å². The molecule has 1 atom stereocenters. The van der Waals surface area contributed by atoms with E-state index in [0.29, 0.717) is 6.54 Å². The summed E-state index contributed by atoms with van der Waals surface area (Å²) in [6.45, 7) is 2.73. The van der Waals surface area contributed by atoms with Crippen LogP contribution in [-0.4, -0.2) is 31.4 Å². The molecule has 0 aliphatic carbocycles. The summed E-state index contributed by atoms with van der Waals surface area (Å²) in [5.41, 5.74) is 7.54. The van der Waals surface area contributed by atoms with E-state index in [9.17, 15) is 9.59 Å². The Bertz CT molecular complexity index is 487. The monoisotopic (exact) mass is 261 g/mol. The number of fused-ring (bicyclic) bond motifs is 1. The van der Waals surface area contributed by atoms with E-state index in [-0.39, 0.29) is 30.8 Å². The number of anilines is 1. The van der Waals surface area contributed by atoms with E-state index in [2.05, 4.69) is 5.32 Å². The number of rotatable bonds is 4.